The van der Waals surface area contributed by atoms with E-state index in [2.05, 4.69) is 154 Å². The molecule has 1 aliphatic rings. The molecular weight excluding hydrogens is 587 g/mol. The lowest BCUT2D eigenvalue weighted by Crippen LogP contribution is -2.37. The third-order valence-electron chi connectivity index (χ3n) is 9.55. The van der Waals surface area contributed by atoms with Crippen molar-refractivity contribution in [3.8, 4) is 5.69 Å². The average molecular weight is 616 g/mol. The van der Waals surface area contributed by atoms with Crippen molar-refractivity contribution in [2.75, 3.05) is 0 Å². The fourth-order valence-corrected chi connectivity index (χ4v) is 7.40. The quantitative estimate of drug-likeness (QED) is 0.211. The lowest BCUT2D eigenvalue weighted by molar-refractivity contribution is 0.661. The maximum Gasteiger partial charge on any atom is 0.211 e. The predicted molar refractivity (Wildman–Crippen MR) is 199 cm³/mol. The molecule has 48 heavy (non-hydrogen) atoms. The number of hydrogen-bond donors (Lipinski definition) is 1. The number of fused-ring (bicyclic) bond motifs is 8. The number of para-hydroxylation sites is 2. The SMILES string of the molecule is c1ccc(C2=N[C@H](c3ccccc3)NC(n3c4ccccc4c4cc5c6c7ccccc7ccc6n(-c6ccccc6)c5cc43)=N2)cc1. The van der Waals surface area contributed by atoms with Crippen molar-refractivity contribution in [2.24, 2.45) is 9.98 Å². The molecule has 7 aromatic carbocycles. The van der Waals surface area contributed by atoms with Crippen LogP contribution in [0.15, 0.2) is 174 Å². The third kappa shape index (κ3) is 4.04. The minimum Gasteiger partial charge on any atom is -0.330 e. The molecule has 0 saturated carbocycles. The van der Waals surface area contributed by atoms with Gasteiger partial charge >= 0.3 is 0 Å². The van der Waals surface area contributed by atoms with Gasteiger partial charge in [-0.15, -0.1) is 0 Å². The molecule has 0 unspecified atom stereocenters. The second kappa shape index (κ2) is 10.5. The second-order valence-corrected chi connectivity index (χ2v) is 12.3. The number of amidine groups is 1. The number of rotatable bonds is 3. The zero-order valence-corrected chi connectivity index (χ0v) is 26.0. The Bertz CT molecular complexity index is 2740. The lowest BCUT2D eigenvalue weighted by atomic mass is 10.0. The van der Waals surface area contributed by atoms with Crippen LogP contribution < -0.4 is 5.32 Å². The fraction of sp³-hybridized carbons (Fsp3) is 0.0233. The van der Waals surface area contributed by atoms with Gasteiger partial charge in [0.2, 0.25) is 5.96 Å². The van der Waals surface area contributed by atoms with Gasteiger partial charge < -0.3 is 9.88 Å². The number of nitrogens with one attached hydrogen (secondary N) is 1. The standard InChI is InChI=1S/C43H29N5/c1-4-15-29(16-5-1)41-44-42(30-17-6-2-7-18-30)46-43(45-41)48-36-23-13-12-22-33(36)34-26-35-39(27-38(34)48)47(31-19-8-3-9-20-31)37-25-24-28-14-10-11-21-32(28)40(35)37/h1-27,41H,(H,44,45,46)/t41-/m0/s1. The first kappa shape index (κ1) is 26.7. The van der Waals surface area contributed by atoms with Gasteiger partial charge in [-0.3, -0.25) is 4.57 Å². The van der Waals surface area contributed by atoms with E-state index in [1.165, 1.54) is 37.8 Å². The number of aromatic nitrogens is 2. The van der Waals surface area contributed by atoms with Gasteiger partial charge in [0.15, 0.2) is 5.84 Å². The molecule has 0 radical (unpaired) electrons. The summed E-state index contributed by atoms with van der Waals surface area (Å²) in [4.78, 5) is 10.3. The maximum atomic E-state index is 5.23. The normalized spacial score (nSPS) is 14.9. The Morgan fingerprint density at radius 2 is 1.15 bits per heavy atom. The Hall–Kier alpha value is -6.46. The summed E-state index contributed by atoms with van der Waals surface area (Å²) in [5.41, 5.74) is 7.71. The zero-order valence-electron chi connectivity index (χ0n) is 26.0. The minimum atomic E-state index is -0.295. The van der Waals surface area contributed by atoms with Crippen molar-refractivity contribution in [2.45, 2.75) is 6.17 Å². The van der Waals surface area contributed by atoms with Crippen molar-refractivity contribution in [1.82, 2.24) is 14.5 Å². The summed E-state index contributed by atoms with van der Waals surface area (Å²) in [7, 11) is 0. The van der Waals surface area contributed by atoms with Gasteiger partial charge in [0.05, 0.1) is 22.1 Å². The Morgan fingerprint density at radius 1 is 0.479 bits per heavy atom. The first-order valence-electron chi connectivity index (χ1n) is 16.3. The molecule has 0 fully saturated rings. The van der Waals surface area contributed by atoms with Gasteiger partial charge in [0.25, 0.3) is 0 Å². The Labute approximate surface area is 276 Å². The molecule has 3 heterocycles. The van der Waals surface area contributed by atoms with E-state index in [1.807, 2.05) is 24.3 Å². The van der Waals surface area contributed by atoms with Crippen molar-refractivity contribution in [1.29, 1.82) is 0 Å². The van der Waals surface area contributed by atoms with Crippen LogP contribution in [-0.4, -0.2) is 20.9 Å². The number of hydrogen-bond acceptors (Lipinski definition) is 3. The molecule has 5 nitrogen and oxygen atoms in total. The molecule has 226 valence electrons. The van der Waals surface area contributed by atoms with Gasteiger partial charge in [0, 0.05) is 32.8 Å². The van der Waals surface area contributed by atoms with Gasteiger partial charge in [-0.2, -0.15) is 4.99 Å². The van der Waals surface area contributed by atoms with Crippen LogP contribution in [0.5, 0.6) is 0 Å². The molecule has 2 aromatic heterocycles. The Balaban J connectivity index is 1.31. The summed E-state index contributed by atoms with van der Waals surface area (Å²) in [5, 5.41) is 11.1. The molecule has 10 rings (SSSR count). The molecule has 0 amide bonds. The Kier molecular flexibility index (Phi) is 5.87. The summed E-state index contributed by atoms with van der Waals surface area (Å²) in [6.07, 6.45) is -0.295. The first-order chi connectivity index (χ1) is 23.8. The first-order valence-corrected chi connectivity index (χ1v) is 16.3. The monoisotopic (exact) mass is 615 g/mol. The highest BCUT2D eigenvalue weighted by atomic mass is 15.3. The van der Waals surface area contributed by atoms with Crippen molar-refractivity contribution in [3.05, 3.63) is 175 Å². The van der Waals surface area contributed by atoms with E-state index < -0.39 is 0 Å². The maximum absolute atomic E-state index is 5.23. The van der Waals surface area contributed by atoms with Crippen LogP contribution >= 0.6 is 0 Å². The predicted octanol–water partition coefficient (Wildman–Crippen LogP) is 10.00. The van der Waals surface area contributed by atoms with E-state index in [0.717, 1.165) is 39.3 Å². The molecule has 0 saturated heterocycles. The molecule has 5 heteroatoms. The summed E-state index contributed by atoms with van der Waals surface area (Å²) < 4.78 is 4.68. The minimum absolute atomic E-state index is 0.295. The van der Waals surface area contributed by atoms with Crippen LogP contribution in [0.3, 0.4) is 0 Å². The van der Waals surface area contributed by atoms with Crippen LogP contribution in [0, 0.1) is 0 Å². The van der Waals surface area contributed by atoms with E-state index in [-0.39, 0.29) is 6.17 Å². The molecule has 0 spiro atoms. The van der Waals surface area contributed by atoms with Crippen LogP contribution in [0.4, 0.5) is 0 Å². The van der Waals surface area contributed by atoms with Crippen LogP contribution in [0.2, 0.25) is 0 Å². The van der Waals surface area contributed by atoms with Gasteiger partial charge in [0.1, 0.15) is 6.17 Å². The van der Waals surface area contributed by atoms with Crippen LogP contribution in [0.25, 0.3) is 60.1 Å². The largest absolute Gasteiger partial charge is 0.330 e. The van der Waals surface area contributed by atoms with E-state index >= 15 is 0 Å². The summed E-state index contributed by atoms with van der Waals surface area (Å²) in [6.45, 7) is 0. The number of benzene rings is 7. The number of nitrogens with zero attached hydrogens (tertiary/aromatic N) is 4. The topological polar surface area (TPSA) is 46.6 Å². The van der Waals surface area contributed by atoms with Crippen molar-refractivity contribution >= 4 is 66.2 Å². The molecule has 0 aliphatic carbocycles. The van der Waals surface area contributed by atoms with Gasteiger partial charge in [-0.1, -0.05) is 127 Å². The summed E-state index contributed by atoms with van der Waals surface area (Å²) in [6, 6.07) is 57.9. The Morgan fingerprint density at radius 3 is 1.96 bits per heavy atom. The van der Waals surface area contributed by atoms with E-state index in [0.29, 0.717) is 5.84 Å². The van der Waals surface area contributed by atoms with E-state index in [9.17, 15) is 0 Å². The zero-order chi connectivity index (χ0) is 31.6. The molecule has 1 N–H and O–H groups in total. The molecular formula is C43H29N5. The average Bonchev–Trinajstić information content (AvgIpc) is 3.67. The van der Waals surface area contributed by atoms with Gasteiger partial charge in [-0.05, 0) is 52.7 Å². The van der Waals surface area contributed by atoms with Crippen molar-refractivity contribution < 1.29 is 0 Å². The highest BCUT2D eigenvalue weighted by molar-refractivity contribution is 6.26. The summed E-state index contributed by atoms with van der Waals surface area (Å²) in [5.74, 6) is 1.45. The summed E-state index contributed by atoms with van der Waals surface area (Å²) >= 11 is 0. The highest BCUT2D eigenvalue weighted by Crippen LogP contribution is 2.41. The lowest BCUT2D eigenvalue weighted by Gasteiger charge is -2.24. The fourth-order valence-electron chi connectivity index (χ4n) is 7.40. The molecule has 9 aromatic rings. The molecule has 0 bridgehead atoms. The third-order valence-corrected chi connectivity index (χ3v) is 9.55. The molecule has 1 atom stereocenters. The van der Waals surface area contributed by atoms with E-state index in [1.54, 1.807) is 0 Å². The van der Waals surface area contributed by atoms with Crippen LogP contribution in [0.1, 0.15) is 17.3 Å². The number of aliphatic imine (C=N–C) groups is 2. The van der Waals surface area contributed by atoms with Crippen LogP contribution in [-0.2, 0) is 0 Å². The van der Waals surface area contributed by atoms with Gasteiger partial charge in [-0.25, -0.2) is 4.99 Å². The second-order valence-electron chi connectivity index (χ2n) is 12.3. The molecule has 1 aliphatic heterocycles. The highest BCUT2D eigenvalue weighted by Gasteiger charge is 2.25. The smallest absolute Gasteiger partial charge is 0.211 e. The van der Waals surface area contributed by atoms with E-state index in [4.69, 9.17) is 9.98 Å². The van der Waals surface area contributed by atoms with Crippen molar-refractivity contribution in [3.63, 3.8) is 0 Å².